The molecule has 7 N–H and O–H groups in total. The number of allylic oxidation sites excluding steroid dienone is 9. The number of Topliss-reactive ketones (excluding diaryl/α,β-unsaturated/α-hetero) is 1. The van der Waals surface area contributed by atoms with Crippen LogP contribution in [-0.4, -0.2) is 86.0 Å². The van der Waals surface area contributed by atoms with Gasteiger partial charge in [0.05, 0.1) is 24.2 Å². The SMILES string of the molecule is CC/C=C/[C@@H](OC(N)=O)[C@@H](C)[C@H](O)CC(=O)[C@@H](O)[C@H](O)[C@H](C)/C(Cl)=C/C=C/C=C(C)/C=C/C=C/C(=O)O[C@@H]1C[C@@H](C(=O)O)C[C@@H]1O. The van der Waals surface area contributed by atoms with Gasteiger partial charge in [-0.05, 0) is 31.9 Å². The second kappa shape index (κ2) is 20.5. The predicted molar refractivity (Wildman–Crippen MR) is 171 cm³/mol. The fourth-order valence-electron chi connectivity index (χ4n) is 4.48. The van der Waals surface area contributed by atoms with Gasteiger partial charge in [-0.25, -0.2) is 9.59 Å². The topological polar surface area (TPSA) is 214 Å². The van der Waals surface area contributed by atoms with Crippen LogP contribution in [0.15, 0.2) is 71.4 Å². The number of aliphatic carboxylic acids is 1. The molecule has 1 saturated carbocycles. The van der Waals surface area contributed by atoms with E-state index in [4.69, 9.17) is 31.9 Å². The lowest BCUT2D eigenvalue weighted by Crippen LogP contribution is -2.42. The van der Waals surface area contributed by atoms with E-state index in [0.717, 1.165) is 11.6 Å². The minimum Gasteiger partial charge on any atom is -0.481 e. The number of amides is 1. The first kappa shape index (κ1) is 40.5. The van der Waals surface area contributed by atoms with Crippen molar-refractivity contribution < 1.29 is 54.2 Å². The molecule has 9 atom stereocenters. The molecule has 0 radical (unpaired) electrons. The van der Waals surface area contributed by atoms with Crippen LogP contribution in [0.3, 0.4) is 0 Å². The van der Waals surface area contributed by atoms with Gasteiger partial charge in [-0.3, -0.25) is 9.59 Å². The van der Waals surface area contributed by atoms with Gasteiger partial charge in [0.1, 0.15) is 18.3 Å². The number of primary amides is 1. The Hall–Kier alpha value is -3.55. The molecule has 1 amide bonds. The van der Waals surface area contributed by atoms with Crippen LogP contribution in [0.5, 0.6) is 0 Å². The number of esters is 1. The van der Waals surface area contributed by atoms with Gasteiger partial charge in [-0.1, -0.05) is 80.5 Å². The number of halogens is 1. The number of ketones is 1. The van der Waals surface area contributed by atoms with E-state index in [1.165, 1.54) is 19.1 Å². The Labute approximate surface area is 274 Å². The number of ether oxygens (including phenoxy) is 2. The van der Waals surface area contributed by atoms with E-state index in [-0.39, 0.29) is 17.9 Å². The highest BCUT2D eigenvalue weighted by Crippen LogP contribution is 2.29. The first-order chi connectivity index (χ1) is 21.6. The molecular formula is C33H46ClNO11. The van der Waals surface area contributed by atoms with E-state index < -0.39 is 84.6 Å². The molecule has 0 aliphatic heterocycles. The zero-order valence-electron chi connectivity index (χ0n) is 26.4. The second-order valence-electron chi connectivity index (χ2n) is 11.2. The van der Waals surface area contributed by atoms with E-state index in [1.807, 2.05) is 6.92 Å². The third-order valence-corrected chi connectivity index (χ3v) is 7.94. The summed E-state index contributed by atoms with van der Waals surface area (Å²) in [6.07, 6.45) is 7.44. The molecule has 1 aliphatic carbocycles. The molecule has 0 aromatic rings. The molecule has 0 bridgehead atoms. The number of rotatable bonds is 18. The summed E-state index contributed by atoms with van der Waals surface area (Å²) < 4.78 is 10.1. The fraction of sp³-hybridized carbons (Fsp3) is 0.515. The largest absolute Gasteiger partial charge is 0.481 e. The highest BCUT2D eigenvalue weighted by atomic mass is 35.5. The zero-order chi connectivity index (χ0) is 35.0. The first-order valence-corrected chi connectivity index (χ1v) is 15.3. The van der Waals surface area contributed by atoms with Crippen molar-refractivity contribution in [3.8, 4) is 0 Å². The van der Waals surface area contributed by atoms with E-state index in [9.17, 15) is 39.6 Å². The van der Waals surface area contributed by atoms with Crippen molar-refractivity contribution in [2.24, 2.45) is 23.5 Å². The number of nitrogens with two attached hydrogens (primary N) is 1. The van der Waals surface area contributed by atoms with Crippen LogP contribution in [0.4, 0.5) is 4.79 Å². The van der Waals surface area contributed by atoms with Gasteiger partial charge in [0.25, 0.3) is 0 Å². The van der Waals surface area contributed by atoms with E-state index in [1.54, 1.807) is 56.4 Å². The Kier molecular flexibility index (Phi) is 18.1. The number of hydrogen-bond acceptors (Lipinski definition) is 10. The molecular weight excluding hydrogens is 622 g/mol. The minimum absolute atomic E-state index is 0.0383. The van der Waals surface area contributed by atoms with E-state index in [2.05, 4.69) is 0 Å². The smallest absolute Gasteiger partial charge is 0.405 e. The van der Waals surface area contributed by atoms with Crippen LogP contribution in [0.25, 0.3) is 0 Å². The molecule has 0 unspecified atom stereocenters. The molecule has 0 saturated heterocycles. The highest BCUT2D eigenvalue weighted by molar-refractivity contribution is 6.30. The highest BCUT2D eigenvalue weighted by Gasteiger charge is 2.39. The van der Waals surface area contributed by atoms with Crippen molar-refractivity contribution in [1.29, 1.82) is 0 Å². The zero-order valence-corrected chi connectivity index (χ0v) is 27.2. The van der Waals surface area contributed by atoms with Crippen LogP contribution in [0.1, 0.15) is 53.4 Å². The van der Waals surface area contributed by atoms with Gasteiger partial charge < -0.3 is 40.7 Å². The average Bonchev–Trinajstić information content (AvgIpc) is 3.37. The van der Waals surface area contributed by atoms with Crippen LogP contribution in [-0.2, 0) is 23.9 Å². The molecule has 0 spiro atoms. The van der Waals surface area contributed by atoms with Crippen LogP contribution < -0.4 is 5.73 Å². The molecule has 0 heterocycles. The van der Waals surface area contributed by atoms with Crippen LogP contribution >= 0.6 is 11.6 Å². The summed E-state index contributed by atoms with van der Waals surface area (Å²) in [6.45, 7) is 6.75. The monoisotopic (exact) mass is 667 g/mol. The average molecular weight is 668 g/mol. The third kappa shape index (κ3) is 14.3. The van der Waals surface area contributed by atoms with Gasteiger partial charge >= 0.3 is 18.0 Å². The van der Waals surface area contributed by atoms with Gasteiger partial charge in [0, 0.05) is 35.8 Å². The van der Waals surface area contributed by atoms with Crippen molar-refractivity contribution in [1.82, 2.24) is 0 Å². The summed E-state index contributed by atoms with van der Waals surface area (Å²) in [7, 11) is 0. The molecule has 1 fully saturated rings. The molecule has 46 heavy (non-hydrogen) atoms. The molecule has 0 aromatic carbocycles. The summed E-state index contributed by atoms with van der Waals surface area (Å²) in [4.78, 5) is 46.8. The summed E-state index contributed by atoms with van der Waals surface area (Å²) in [5.74, 6) is -4.84. The Morgan fingerprint density at radius 2 is 1.63 bits per heavy atom. The fourth-order valence-corrected chi connectivity index (χ4v) is 4.68. The molecule has 0 aromatic heterocycles. The molecule has 1 rings (SSSR count). The van der Waals surface area contributed by atoms with Crippen LogP contribution in [0, 0.1) is 17.8 Å². The Bertz CT molecular complexity index is 1220. The molecule has 12 nitrogen and oxygen atoms in total. The Morgan fingerprint density at radius 3 is 2.22 bits per heavy atom. The van der Waals surface area contributed by atoms with Crippen molar-refractivity contribution in [2.45, 2.75) is 90.0 Å². The summed E-state index contributed by atoms with van der Waals surface area (Å²) in [5, 5.41) is 50.6. The van der Waals surface area contributed by atoms with Crippen molar-refractivity contribution in [2.75, 3.05) is 0 Å². The number of carbonyl (C=O) groups is 4. The summed E-state index contributed by atoms with van der Waals surface area (Å²) >= 11 is 6.29. The Morgan fingerprint density at radius 1 is 1.00 bits per heavy atom. The maximum Gasteiger partial charge on any atom is 0.405 e. The van der Waals surface area contributed by atoms with Gasteiger partial charge in [-0.2, -0.15) is 0 Å². The Balaban J connectivity index is 2.64. The summed E-state index contributed by atoms with van der Waals surface area (Å²) in [6, 6.07) is 0. The lowest BCUT2D eigenvalue weighted by molar-refractivity contribution is -0.148. The number of aliphatic hydroxyl groups excluding tert-OH is 4. The lowest BCUT2D eigenvalue weighted by Gasteiger charge is -2.27. The number of aliphatic hydroxyl groups is 4. The summed E-state index contributed by atoms with van der Waals surface area (Å²) in [5.41, 5.74) is 5.90. The van der Waals surface area contributed by atoms with Gasteiger partial charge in [0.2, 0.25) is 0 Å². The predicted octanol–water partition coefficient (Wildman–Crippen LogP) is 3.24. The number of hydrogen-bond donors (Lipinski definition) is 6. The quantitative estimate of drug-likeness (QED) is 0.0540. The van der Waals surface area contributed by atoms with Crippen LogP contribution in [0.2, 0.25) is 0 Å². The van der Waals surface area contributed by atoms with Gasteiger partial charge in [-0.15, -0.1) is 0 Å². The lowest BCUT2D eigenvalue weighted by atomic mass is 9.89. The minimum atomic E-state index is -1.83. The van der Waals surface area contributed by atoms with Crippen molar-refractivity contribution in [3.05, 3.63) is 71.4 Å². The van der Waals surface area contributed by atoms with Crippen molar-refractivity contribution in [3.63, 3.8) is 0 Å². The molecule has 13 heteroatoms. The maximum atomic E-state index is 12.6. The van der Waals surface area contributed by atoms with Gasteiger partial charge in [0.15, 0.2) is 5.78 Å². The normalized spacial score (nSPS) is 23.5. The third-order valence-electron chi connectivity index (χ3n) is 7.47. The van der Waals surface area contributed by atoms with E-state index in [0.29, 0.717) is 6.42 Å². The van der Waals surface area contributed by atoms with Crippen molar-refractivity contribution >= 4 is 35.4 Å². The standard InChI is InChI=1S/C33H46ClNO11/c1-5-6-14-27(46-33(35)44)21(4)24(36)18-26(38)31(41)30(40)20(3)23(34)13-9-7-11-19(2)12-8-10-15-29(39)45-28-17-22(32(42)43)16-25(28)37/h6-15,20-22,24-25,27-28,30-31,36-37,40-41H,5,16-18H2,1-4H3,(H2,35,44)(H,42,43)/b9-7+,12-8+,14-6+,15-10+,19-11+,23-13-/t20-,21+,22+,24-,25+,27-,28-,30-,31-/m1/s1. The molecule has 1 aliphatic rings. The molecule has 256 valence electrons. The second-order valence-corrected chi connectivity index (χ2v) is 11.6. The first-order valence-electron chi connectivity index (χ1n) is 14.9. The maximum absolute atomic E-state index is 12.6. The number of carboxylic acids is 1. The van der Waals surface area contributed by atoms with E-state index >= 15 is 0 Å². The number of carboxylic acid groups (broad SMARTS) is 1. The number of carbonyl (C=O) groups excluding carboxylic acids is 3.